The third kappa shape index (κ3) is 14.2. The van der Waals surface area contributed by atoms with Gasteiger partial charge in [0, 0.05) is 17.0 Å². The van der Waals surface area contributed by atoms with Crippen LogP contribution in [-0.2, 0) is 0 Å². The maximum absolute atomic E-state index is 12.1. The second-order valence-electron chi connectivity index (χ2n) is 8.13. The smallest absolute Gasteiger partial charge is 0.162 e. The molecule has 0 saturated heterocycles. The second-order valence-corrected chi connectivity index (χ2v) is 8.56. The van der Waals surface area contributed by atoms with E-state index >= 15 is 0 Å². The molecule has 0 bridgehead atoms. The first kappa shape index (κ1) is 25.2. The molecule has 0 amide bonds. The van der Waals surface area contributed by atoms with Gasteiger partial charge >= 0.3 is 0 Å². The highest BCUT2D eigenvalue weighted by atomic mass is 35.5. The molecule has 0 aliphatic carbocycles. The van der Waals surface area contributed by atoms with E-state index in [0.717, 1.165) is 18.5 Å². The van der Waals surface area contributed by atoms with E-state index in [2.05, 4.69) is 0 Å². The Morgan fingerprint density at radius 3 is 1.36 bits per heavy atom. The van der Waals surface area contributed by atoms with E-state index < -0.39 is 0 Å². The van der Waals surface area contributed by atoms with Gasteiger partial charge in [-0.2, -0.15) is 0 Å². The van der Waals surface area contributed by atoms with Gasteiger partial charge in [-0.25, -0.2) is 0 Å². The molecule has 0 heterocycles. The quantitative estimate of drug-likeness (QED) is 0.186. The minimum atomic E-state index is 0.243. The van der Waals surface area contributed by atoms with Crippen molar-refractivity contribution in [3.05, 3.63) is 34.9 Å². The van der Waals surface area contributed by atoms with Crippen molar-refractivity contribution in [2.75, 3.05) is 6.54 Å². The van der Waals surface area contributed by atoms with Crippen LogP contribution in [0.4, 0.5) is 0 Å². The van der Waals surface area contributed by atoms with Crippen molar-refractivity contribution in [1.29, 1.82) is 0 Å². The largest absolute Gasteiger partial charge is 0.330 e. The summed E-state index contributed by atoms with van der Waals surface area (Å²) < 4.78 is 0. The minimum absolute atomic E-state index is 0.243. The van der Waals surface area contributed by atoms with Gasteiger partial charge in [-0.1, -0.05) is 101 Å². The van der Waals surface area contributed by atoms with Crippen LogP contribution in [0.5, 0.6) is 0 Å². The molecule has 1 aromatic rings. The summed E-state index contributed by atoms with van der Waals surface area (Å²) in [5.41, 5.74) is 6.30. The molecule has 0 radical (unpaired) electrons. The molecular weight excluding hydrogens is 366 g/mol. The Labute approximate surface area is 178 Å². The first-order chi connectivity index (χ1) is 13.7. The van der Waals surface area contributed by atoms with Crippen LogP contribution >= 0.6 is 11.6 Å². The summed E-state index contributed by atoms with van der Waals surface area (Å²) in [6, 6.07) is 7.24. The van der Waals surface area contributed by atoms with Gasteiger partial charge in [-0.05, 0) is 43.7 Å². The predicted octanol–water partition coefficient (Wildman–Crippen LogP) is 8.11. The summed E-state index contributed by atoms with van der Waals surface area (Å²) in [5, 5.41) is 0.686. The van der Waals surface area contributed by atoms with Crippen LogP contribution in [0.25, 0.3) is 0 Å². The summed E-state index contributed by atoms with van der Waals surface area (Å²) in [6.07, 6.45) is 21.9. The number of rotatable bonds is 19. The number of unbranched alkanes of at least 4 members (excludes halogenated alkanes) is 15. The standard InChI is InChI=1S/C25H42ClNO/c26-24-20-18-23(19-21-24)25(28)17-15-13-11-9-7-5-3-1-2-4-6-8-10-12-14-16-22-27/h18-21H,1-17,22,27H2. The van der Waals surface area contributed by atoms with Gasteiger partial charge in [0.05, 0.1) is 0 Å². The molecule has 1 rings (SSSR count). The van der Waals surface area contributed by atoms with Gasteiger partial charge in [-0.3, -0.25) is 4.79 Å². The number of carbonyl (C=O) groups excluding carboxylic acids is 1. The lowest BCUT2D eigenvalue weighted by atomic mass is 10.0. The summed E-state index contributed by atoms with van der Waals surface area (Å²) in [5.74, 6) is 0.243. The molecule has 3 heteroatoms. The zero-order valence-corrected chi connectivity index (χ0v) is 18.7. The van der Waals surface area contributed by atoms with Crippen LogP contribution in [0.3, 0.4) is 0 Å². The van der Waals surface area contributed by atoms with Crippen LogP contribution in [0.15, 0.2) is 24.3 Å². The molecule has 0 aliphatic rings. The average Bonchev–Trinajstić information content (AvgIpc) is 2.70. The highest BCUT2D eigenvalue weighted by Crippen LogP contribution is 2.15. The Bertz CT molecular complexity index is 486. The van der Waals surface area contributed by atoms with E-state index in [4.69, 9.17) is 17.3 Å². The number of benzene rings is 1. The van der Waals surface area contributed by atoms with E-state index in [1.165, 1.54) is 96.3 Å². The molecule has 0 aromatic heterocycles. The zero-order chi connectivity index (χ0) is 20.3. The van der Waals surface area contributed by atoms with Gasteiger partial charge in [0.2, 0.25) is 0 Å². The van der Waals surface area contributed by atoms with Crippen molar-refractivity contribution in [3.63, 3.8) is 0 Å². The summed E-state index contributed by atoms with van der Waals surface area (Å²) in [6.45, 7) is 0.851. The Morgan fingerprint density at radius 2 is 0.964 bits per heavy atom. The molecule has 2 N–H and O–H groups in total. The number of carbonyl (C=O) groups is 1. The van der Waals surface area contributed by atoms with Crippen LogP contribution in [0.1, 0.15) is 120 Å². The predicted molar refractivity (Wildman–Crippen MR) is 123 cm³/mol. The average molecular weight is 408 g/mol. The summed E-state index contributed by atoms with van der Waals surface area (Å²) in [7, 11) is 0. The fraction of sp³-hybridized carbons (Fsp3) is 0.720. The molecule has 0 atom stereocenters. The number of Topliss-reactive ketones (excluding diaryl/α,β-unsaturated/α-hetero) is 1. The van der Waals surface area contributed by atoms with Crippen LogP contribution in [-0.4, -0.2) is 12.3 Å². The fourth-order valence-electron chi connectivity index (χ4n) is 3.68. The van der Waals surface area contributed by atoms with E-state index in [9.17, 15) is 4.79 Å². The number of hydrogen-bond acceptors (Lipinski definition) is 2. The Hall–Kier alpha value is -0.860. The second kappa shape index (κ2) is 18.2. The first-order valence-electron chi connectivity index (χ1n) is 11.7. The lowest BCUT2D eigenvalue weighted by molar-refractivity contribution is 0.0979. The van der Waals surface area contributed by atoms with Gasteiger partial charge < -0.3 is 5.73 Å². The minimum Gasteiger partial charge on any atom is -0.330 e. The highest BCUT2D eigenvalue weighted by Gasteiger charge is 2.05. The first-order valence-corrected chi connectivity index (χ1v) is 12.1. The van der Waals surface area contributed by atoms with E-state index in [1.807, 2.05) is 12.1 Å². The van der Waals surface area contributed by atoms with Crippen molar-refractivity contribution >= 4 is 17.4 Å². The molecule has 1 aromatic carbocycles. The topological polar surface area (TPSA) is 43.1 Å². The van der Waals surface area contributed by atoms with Crippen molar-refractivity contribution in [2.45, 2.75) is 109 Å². The van der Waals surface area contributed by atoms with E-state index in [0.29, 0.717) is 11.4 Å². The normalized spacial score (nSPS) is 11.1. The molecule has 160 valence electrons. The molecule has 2 nitrogen and oxygen atoms in total. The molecule has 0 spiro atoms. The van der Waals surface area contributed by atoms with Gasteiger partial charge in [-0.15, -0.1) is 0 Å². The zero-order valence-electron chi connectivity index (χ0n) is 17.9. The number of hydrogen-bond donors (Lipinski definition) is 1. The van der Waals surface area contributed by atoms with E-state index in [1.54, 1.807) is 12.1 Å². The van der Waals surface area contributed by atoms with Gasteiger partial charge in [0.25, 0.3) is 0 Å². The van der Waals surface area contributed by atoms with Crippen LogP contribution in [0, 0.1) is 0 Å². The highest BCUT2D eigenvalue weighted by molar-refractivity contribution is 6.30. The number of nitrogens with two attached hydrogens (primary N) is 1. The fourth-order valence-corrected chi connectivity index (χ4v) is 3.81. The Balaban J connectivity index is 1.78. The van der Waals surface area contributed by atoms with Crippen LogP contribution in [0.2, 0.25) is 5.02 Å². The molecule has 0 aliphatic heterocycles. The Morgan fingerprint density at radius 1 is 0.607 bits per heavy atom. The lowest BCUT2D eigenvalue weighted by Gasteiger charge is -2.04. The van der Waals surface area contributed by atoms with Gasteiger partial charge in [0.15, 0.2) is 5.78 Å². The molecule has 0 saturated carbocycles. The molecule has 0 unspecified atom stereocenters. The van der Waals surface area contributed by atoms with Gasteiger partial charge in [0.1, 0.15) is 0 Å². The third-order valence-electron chi connectivity index (χ3n) is 5.52. The summed E-state index contributed by atoms with van der Waals surface area (Å²) in [4.78, 5) is 12.1. The monoisotopic (exact) mass is 407 g/mol. The molecule has 0 fully saturated rings. The number of ketones is 1. The van der Waals surface area contributed by atoms with Crippen molar-refractivity contribution < 1.29 is 4.79 Å². The van der Waals surface area contributed by atoms with Crippen molar-refractivity contribution in [2.24, 2.45) is 5.73 Å². The lowest BCUT2D eigenvalue weighted by Crippen LogP contribution is -1.98. The summed E-state index contributed by atoms with van der Waals surface area (Å²) >= 11 is 5.86. The maximum atomic E-state index is 12.1. The van der Waals surface area contributed by atoms with Crippen molar-refractivity contribution in [3.8, 4) is 0 Å². The molecular formula is C25H42ClNO. The van der Waals surface area contributed by atoms with Crippen molar-refractivity contribution in [1.82, 2.24) is 0 Å². The van der Waals surface area contributed by atoms with E-state index in [-0.39, 0.29) is 5.78 Å². The Kier molecular flexibility index (Phi) is 16.4. The molecule has 28 heavy (non-hydrogen) atoms. The maximum Gasteiger partial charge on any atom is 0.162 e. The van der Waals surface area contributed by atoms with Crippen LogP contribution < -0.4 is 5.73 Å². The number of halogens is 1. The third-order valence-corrected chi connectivity index (χ3v) is 5.78. The SMILES string of the molecule is NCCCCCCCCCCCCCCCCCCC(=O)c1ccc(Cl)cc1.